The summed E-state index contributed by atoms with van der Waals surface area (Å²) in [5.74, 6) is 0.982. The Labute approximate surface area is 124 Å². The number of carbonyl (C=O) groups excluding carboxylic acids is 1. The first-order chi connectivity index (χ1) is 10.3. The summed E-state index contributed by atoms with van der Waals surface area (Å²) in [7, 11) is 0. The van der Waals surface area contributed by atoms with Gasteiger partial charge in [-0.2, -0.15) is 5.10 Å². The molecule has 0 unspecified atom stereocenters. The maximum Gasteiger partial charge on any atom is 0.244 e. The van der Waals surface area contributed by atoms with Crippen molar-refractivity contribution in [2.75, 3.05) is 6.54 Å². The number of carbonyl (C=O) groups is 1. The van der Waals surface area contributed by atoms with Gasteiger partial charge in [-0.25, -0.2) is 0 Å². The van der Waals surface area contributed by atoms with Gasteiger partial charge in [0.25, 0.3) is 0 Å². The van der Waals surface area contributed by atoms with E-state index in [0.29, 0.717) is 12.6 Å². The molecule has 2 aliphatic rings. The smallest absolute Gasteiger partial charge is 0.244 e. The zero-order valence-electron chi connectivity index (χ0n) is 12.2. The fourth-order valence-corrected chi connectivity index (χ4v) is 4.09. The normalized spacial score (nSPS) is 25.2. The van der Waals surface area contributed by atoms with Crippen molar-refractivity contribution in [1.29, 1.82) is 0 Å². The third kappa shape index (κ3) is 2.23. The van der Waals surface area contributed by atoms with Crippen molar-refractivity contribution in [2.45, 2.75) is 44.7 Å². The summed E-state index contributed by atoms with van der Waals surface area (Å²) in [6.45, 7) is 1.31. The molecular weight excluding hydrogens is 262 g/mol. The predicted octanol–water partition coefficient (Wildman–Crippen LogP) is 2.83. The number of likely N-dealkylation sites (tertiary alicyclic amines) is 1. The van der Waals surface area contributed by atoms with E-state index in [1.54, 1.807) is 0 Å². The number of para-hydroxylation sites is 1. The third-order valence-electron chi connectivity index (χ3n) is 5.17. The Kier molecular flexibility index (Phi) is 3.17. The molecule has 2 fully saturated rings. The molecule has 1 aliphatic carbocycles. The summed E-state index contributed by atoms with van der Waals surface area (Å²) in [5.41, 5.74) is 1.05. The Balaban J connectivity index is 1.53. The van der Waals surface area contributed by atoms with Crippen LogP contribution < -0.4 is 0 Å². The van der Waals surface area contributed by atoms with Gasteiger partial charge in [0.05, 0.1) is 11.7 Å². The van der Waals surface area contributed by atoms with E-state index in [1.165, 1.54) is 32.1 Å². The van der Waals surface area contributed by atoms with E-state index < -0.39 is 0 Å². The minimum atomic E-state index is 0.234. The molecule has 2 aromatic rings. The van der Waals surface area contributed by atoms with Gasteiger partial charge in [0.15, 0.2) is 0 Å². The first-order valence-electron chi connectivity index (χ1n) is 8.03. The molecule has 0 bridgehead atoms. The average molecular weight is 283 g/mol. The summed E-state index contributed by atoms with van der Waals surface area (Å²) in [5, 5.41) is 5.48. The Morgan fingerprint density at radius 3 is 3.00 bits per heavy atom. The fraction of sp³-hybridized carbons (Fsp3) is 0.529. The van der Waals surface area contributed by atoms with Gasteiger partial charge in [0.1, 0.15) is 6.54 Å². The molecule has 0 spiro atoms. The molecule has 4 heteroatoms. The van der Waals surface area contributed by atoms with Crippen LogP contribution in [0.5, 0.6) is 0 Å². The van der Waals surface area contributed by atoms with Crippen LogP contribution in [-0.4, -0.2) is 33.2 Å². The molecule has 0 radical (unpaired) electrons. The lowest BCUT2D eigenvalue weighted by Gasteiger charge is -2.31. The third-order valence-corrected chi connectivity index (χ3v) is 5.17. The van der Waals surface area contributed by atoms with Crippen molar-refractivity contribution in [3.63, 3.8) is 0 Å². The summed E-state index contributed by atoms with van der Waals surface area (Å²) < 4.78 is 1.84. The number of benzene rings is 1. The van der Waals surface area contributed by atoms with Crippen LogP contribution >= 0.6 is 0 Å². The lowest BCUT2D eigenvalue weighted by molar-refractivity contribution is -0.133. The SMILES string of the molecule is O=C(Cn1ncc2ccccc21)N1CC[C@@H]2CCCC[C@H]21. The molecule has 1 aromatic carbocycles. The molecule has 1 saturated heterocycles. The quantitative estimate of drug-likeness (QED) is 0.850. The Bertz CT molecular complexity index is 663. The van der Waals surface area contributed by atoms with Gasteiger partial charge in [0, 0.05) is 18.0 Å². The molecule has 1 saturated carbocycles. The lowest BCUT2D eigenvalue weighted by atomic mass is 9.85. The molecule has 1 aromatic heterocycles. The van der Waals surface area contributed by atoms with E-state index >= 15 is 0 Å². The maximum absolute atomic E-state index is 12.7. The monoisotopic (exact) mass is 283 g/mol. The van der Waals surface area contributed by atoms with E-state index in [1.807, 2.05) is 35.1 Å². The molecule has 2 heterocycles. The second-order valence-corrected chi connectivity index (χ2v) is 6.35. The van der Waals surface area contributed by atoms with E-state index in [-0.39, 0.29) is 5.91 Å². The summed E-state index contributed by atoms with van der Waals surface area (Å²) in [4.78, 5) is 14.8. The Morgan fingerprint density at radius 1 is 1.19 bits per heavy atom. The van der Waals surface area contributed by atoms with Gasteiger partial charge in [-0.05, 0) is 31.2 Å². The zero-order valence-corrected chi connectivity index (χ0v) is 12.2. The van der Waals surface area contributed by atoms with Crippen molar-refractivity contribution >= 4 is 16.8 Å². The van der Waals surface area contributed by atoms with Crippen LogP contribution in [0, 0.1) is 5.92 Å². The number of nitrogens with zero attached hydrogens (tertiary/aromatic N) is 3. The van der Waals surface area contributed by atoms with Crippen molar-refractivity contribution in [3.05, 3.63) is 30.5 Å². The van der Waals surface area contributed by atoms with Crippen LogP contribution in [0.1, 0.15) is 32.1 Å². The van der Waals surface area contributed by atoms with Crippen molar-refractivity contribution in [1.82, 2.24) is 14.7 Å². The van der Waals surface area contributed by atoms with Crippen LogP contribution in [0.15, 0.2) is 30.5 Å². The molecule has 4 rings (SSSR count). The van der Waals surface area contributed by atoms with Crippen LogP contribution in [0.4, 0.5) is 0 Å². The molecule has 1 aliphatic heterocycles. The summed E-state index contributed by atoms with van der Waals surface area (Å²) in [6.07, 6.45) is 8.14. The highest BCUT2D eigenvalue weighted by Gasteiger charge is 2.38. The number of hydrogen-bond acceptors (Lipinski definition) is 2. The highest BCUT2D eigenvalue weighted by atomic mass is 16.2. The maximum atomic E-state index is 12.7. The number of amides is 1. The van der Waals surface area contributed by atoms with Crippen molar-refractivity contribution in [2.24, 2.45) is 5.92 Å². The summed E-state index contributed by atoms with van der Waals surface area (Å²) in [6, 6.07) is 8.56. The molecule has 2 atom stereocenters. The molecular formula is C17H21N3O. The van der Waals surface area contributed by atoms with Crippen LogP contribution in [-0.2, 0) is 11.3 Å². The average Bonchev–Trinajstić information content (AvgIpc) is 3.12. The van der Waals surface area contributed by atoms with Gasteiger partial charge in [-0.15, -0.1) is 0 Å². The number of hydrogen-bond donors (Lipinski definition) is 0. The van der Waals surface area contributed by atoms with Gasteiger partial charge in [-0.3, -0.25) is 9.48 Å². The molecule has 110 valence electrons. The molecule has 21 heavy (non-hydrogen) atoms. The highest BCUT2D eigenvalue weighted by molar-refractivity contribution is 5.82. The Morgan fingerprint density at radius 2 is 2.05 bits per heavy atom. The first-order valence-corrected chi connectivity index (χ1v) is 8.03. The van der Waals surface area contributed by atoms with Crippen LogP contribution in [0.3, 0.4) is 0 Å². The van der Waals surface area contributed by atoms with Gasteiger partial charge in [0.2, 0.25) is 5.91 Å². The summed E-state index contributed by atoms with van der Waals surface area (Å²) >= 11 is 0. The first kappa shape index (κ1) is 12.9. The molecule has 0 N–H and O–H groups in total. The minimum Gasteiger partial charge on any atom is -0.338 e. The highest BCUT2D eigenvalue weighted by Crippen LogP contribution is 2.36. The van der Waals surface area contributed by atoms with Crippen LogP contribution in [0.2, 0.25) is 0 Å². The van der Waals surface area contributed by atoms with E-state index in [0.717, 1.165) is 23.4 Å². The lowest BCUT2D eigenvalue weighted by Crippen LogP contribution is -2.41. The fourth-order valence-electron chi connectivity index (χ4n) is 4.09. The second kappa shape index (κ2) is 5.17. The van der Waals surface area contributed by atoms with Gasteiger partial charge in [-0.1, -0.05) is 31.0 Å². The van der Waals surface area contributed by atoms with E-state index in [2.05, 4.69) is 10.00 Å². The zero-order chi connectivity index (χ0) is 14.2. The Hall–Kier alpha value is -1.84. The van der Waals surface area contributed by atoms with Crippen molar-refractivity contribution < 1.29 is 4.79 Å². The second-order valence-electron chi connectivity index (χ2n) is 6.35. The van der Waals surface area contributed by atoms with Gasteiger partial charge < -0.3 is 4.90 Å². The predicted molar refractivity (Wildman–Crippen MR) is 81.8 cm³/mol. The van der Waals surface area contributed by atoms with E-state index in [9.17, 15) is 4.79 Å². The number of fused-ring (bicyclic) bond motifs is 2. The van der Waals surface area contributed by atoms with Gasteiger partial charge >= 0.3 is 0 Å². The van der Waals surface area contributed by atoms with Crippen molar-refractivity contribution in [3.8, 4) is 0 Å². The van der Waals surface area contributed by atoms with E-state index in [4.69, 9.17) is 0 Å². The molecule has 1 amide bonds. The number of rotatable bonds is 2. The minimum absolute atomic E-state index is 0.234. The molecule has 4 nitrogen and oxygen atoms in total. The largest absolute Gasteiger partial charge is 0.338 e. The standard InChI is InChI=1S/C17H21N3O/c21-17(19-10-9-13-5-1-3-7-15(13)19)12-20-16-8-4-2-6-14(16)11-18-20/h2,4,6,8,11,13,15H,1,3,5,7,9-10,12H2/t13-,15+/m0/s1. The number of aromatic nitrogens is 2. The van der Waals surface area contributed by atoms with Crippen LogP contribution in [0.25, 0.3) is 10.9 Å². The topological polar surface area (TPSA) is 38.1 Å².